The second-order valence-corrected chi connectivity index (χ2v) is 2.44. The Hall–Kier alpha value is -1.83. The van der Waals surface area contributed by atoms with Crippen LogP contribution in [0.2, 0.25) is 0 Å². The van der Waals surface area contributed by atoms with Gasteiger partial charge in [0.2, 0.25) is 11.7 Å². The fraction of sp³-hybridized carbons (Fsp3) is 0.444. The highest BCUT2D eigenvalue weighted by molar-refractivity contribution is 6.36. The van der Waals surface area contributed by atoms with Gasteiger partial charge in [-0.05, 0) is 0 Å². The average molecular weight is 196 g/mol. The molecule has 5 heteroatoms. The number of terminal acetylenes is 1. The summed E-state index contributed by atoms with van der Waals surface area (Å²) in [6, 6.07) is 0. The van der Waals surface area contributed by atoms with E-state index in [-0.39, 0.29) is 19.5 Å². The Morgan fingerprint density at radius 2 is 1.93 bits per heavy atom. The Morgan fingerprint density at radius 1 is 1.29 bits per heavy atom. The van der Waals surface area contributed by atoms with Gasteiger partial charge in [0.25, 0.3) is 5.91 Å². The standard InChI is InChI=1S/C9H12N2O3/c1-3-5-10-8(13)6-11-9(14)7(12)4-2/h1H,4-6H2,2H3,(H,10,13)(H,11,14). The topological polar surface area (TPSA) is 75.3 Å². The van der Waals surface area contributed by atoms with Gasteiger partial charge in [0.05, 0.1) is 13.1 Å². The van der Waals surface area contributed by atoms with E-state index in [1.807, 2.05) is 0 Å². The van der Waals surface area contributed by atoms with E-state index in [9.17, 15) is 14.4 Å². The molecule has 0 heterocycles. The molecule has 0 aliphatic rings. The molecule has 0 aliphatic heterocycles. The minimum Gasteiger partial charge on any atom is -0.344 e. The number of rotatable bonds is 5. The molecule has 0 radical (unpaired) electrons. The minimum absolute atomic E-state index is 0.108. The summed E-state index contributed by atoms with van der Waals surface area (Å²) in [7, 11) is 0. The molecule has 0 aromatic heterocycles. The molecule has 0 aromatic carbocycles. The summed E-state index contributed by atoms with van der Waals surface area (Å²) in [4.78, 5) is 32.5. The van der Waals surface area contributed by atoms with Crippen LogP contribution >= 0.6 is 0 Å². The van der Waals surface area contributed by atoms with Crippen molar-refractivity contribution in [3.8, 4) is 12.3 Å². The molecule has 0 unspecified atom stereocenters. The third-order valence-corrected chi connectivity index (χ3v) is 1.37. The number of amides is 2. The van der Waals surface area contributed by atoms with Gasteiger partial charge in [-0.3, -0.25) is 14.4 Å². The number of carbonyl (C=O) groups excluding carboxylic acids is 3. The number of ketones is 1. The first-order valence-corrected chi connectivity index (χ1v) is 4.13. The highest BCUT2D eigenvalue weighted by atomic mass is 16.2. The molecule has 0 atom stereocenters. The van der Waals surface area contributed by atoms with Crippen molar-refractivity contribution >= 4 is 17.6 Å². The lowest BCUT2D eigenvalue weighted by Gasteiger charge is -2.02. The molecule has 0 saturated heterocycles. The Kier molecular flexibility index (Phi) is 5.79. The maximum Gasteiger partial charge on any atom is 0.287 e. The van der Waals surface area contributed by atoms with Gasteiger partial charge in [-0.2, -0.15) is 0 Å². The summed E-state index contributed by atoms with van der Waals surface area (Å²) in [5, 5.41) is 4.52. The van der Waals surface area contributed by atoms with Gasteiger partial charge >= 0.3 is 0 Å². The van der Waals surface area contributed by atoms with Crippen molar-refractivity contribution in [1.29, 1.82) is 0 Å². The molecule has 0 aliphatic carbocycles. The lowest BCUT2D eigenvalue weighted by molar-refractivity contribution is -0.138. The average Bonchev–Trinajstić information content (AvgIpc) is 2.21. The second kappa shape index (κ2) is 6.66. The first kappa shape index (κ1) is 12.2. The molecule has 5 nitrogen and oxygen atoms in total. The fourth-order valence-corrected chi connectivity index (χ4v) is 0.632. The van der Waals surface area contributed by atoms with Gasteiger partial charge in [-0.1, -0.05) is 12.8 Å². The van der Waals surface area contributed by atoms with E-state index in [1.54, 1.807) is 6.92 Å². The monoisotopic (exact) mass is 196 g/mol. The third-order valence-electron chi connectivity index (χ3n) is 1.37. The predicted molar refractivity (Wildman–Crippen MR) is 50.2 cm³/mol. The van der Waals surface area contributed by atoms with Crippen LogP contribution in [0.15, 0.2) is 0 Å². The van der Waals surface area contributed by atoms with Crippen molar-refractivity contribution < 1.29 is 14.4 Å². The molecular weight excluding hydrogens is 184 g/mol. The Bertz CT molecular complexity index is 278. The number of Topliss-reactive ketones (excluding diaryl/α,β-unsaturated/α-hetero) is 1. The molecule has 0 aromatic rings. The van der Waals surface area contributed by atoms with Gasteiger partial charge < -0.3 is 10.6 Å². The van der Waals surface area contributed by atoms with E-state index in [1.165, 1.54) is 0 Å². The van der Waals surface area contributed by atoms with Crippen molar-refractivity contribution in [1.82, 2.24) is 10.6 Å². The maximum atomic E-state index is 10.9. The molecule has 0 saturated carbocycles. The van der Waals surface area contributed by atoms with Crippen molar-refractivity contribution in [2.45, 2.75) is 13.3 Å². The molecule has 0 fully saturated rings. The number of hydrogen-bond donors (Lipinski definition) is 2. The zero-order chi connectivity index (χ0) is 11.0. The van der Waals surface area contributed by atoms with E-state index in [0.717, 1.165) is 0 Å². The number of hydrogen-bond acceptors (Lipinski definition) is 3. The normalized spacial score (nSPS) is 8.57. The Balaban J connectivity index is 3.73. The molecule has 0 spiro atoms. The summed E-state index contributed by atoms with van der Waals surface area (Å²) in [6.45, 7) is 1.45. The second-order valence-electron chi connectivity index (χ2n) is 2.44. The van der Waals surface area contributed by atoms with E-state index in [4.69, 9.17) is 6.42 Å². The van der Waals surface area contributed by atoms with Crippen LogP contribution in [0.25, 0.3) is 0 Å². The zero-order valence-corrected chi connectivity index (χ0v) is 7.92. The molecule has 14 heavy (non-hydrogen) atoms. The van der Waals surface area contributed by atoms with Crippen molar-refractivity contribution in [2.24, 2.45) is 0 Å². The van der Waals surface area contributed by atoms with E-state index in [2.05, 4.69) is 16.6 Å². The predicted octanol–water partition coefficient (Wildman–Crippen LogP) is -1.17. The van der Waals surface area contributed by atoms with Crippen LogP contribution in [0.3, 0.4) is 0 Å². The highest BCUT2D eigenvalue weighted by Crippen LogP contribution is 1.79. The van der Waals surface area contributed by atoms with Crippen LogP contribution in [0.4, 0.5) is 0 Å². The Labute approximate surface area is 82.2 Å². The molecule has 76 valence electrons. The summed E-state index contributed by atoms with van der Waals surface area (Å²) in [6.07, 6.45) is 5.02. The van der Waals surface area contributed by atoms with Crippen LogP contribution in [0, 0.1) is 12.3 Å². The van der Waals surface area contributed by atoms with Crippen molar-refractivity contribution in [3.05, 3.63) is 0 Å². The van der Waals surface area contributed by atoms with Crippen LogP contribution in [-0.4, -0.2) is 30.7 Å². The largest absolute Gasteiger partial charge is 0.344 e. The molecule has 0 rings (SSSR count). The minimum atomic E-state index is -0.747. The van der Waals surface area contributed by atoms with Crippen molar-refractivity contribution in [3.63, 3.8) is 0 Å². The number of nitrogens with one attached hydrogen (secondary N) is 2. The molecule has 0 bridgehead atoms. The van der Waals surface area contributed by atoms with Crippen LogP contribution in [0.1, 0.15) is 13.3 Å². The quantitative estimate of drug-likeness (QED) is 0.430. The van der Waals surface area contributed by atoms with E-state index >= 15 is 0 Å². The first-order valence-electron chi connectivity index (χ1n) is 4.13. The maximum absolute atomic E-state index is 10.9. The van der Waals surface area contributed by atoms with Crippen LogP contribution in [-0.2, 0) is 14.4 Å². The summed E-state index contributed by atoms with van der Waals surface area (Å²) in [5.41, 5.74) is 0. The van der Waals surface area contributed by atoms with Crippen molar-refractivity contribution in [2.75, 3.05) is 13.1 Å². The molecular formula is C9H12N2O3. The van der Waals surface area contributed by atoms with Crippen LogP contribution in [0.5, 0.6) is 0 Å². The van der Waals surface area contributed by atoms with E-state index in [0.29, 0.717) is 0 Å². The molecule has 2 amide bonds. The van der Waals surface area contributed by atoms with Gasteiger partial charge in [-0.15, -0.1) is 6.42 Å². The van der Waals surface area contributed by atoms with Crippen LogP contribution < -0.4 is 10.6 Å². The van der Waals surface area contributed by atoms with Gasteiger partial charge in [0.1, 0.15) is 0 Å². The fourth-order valence-electron chi connectivity index (χ4n) is 0.632. The van der Waals surface area contributed by atoms with Gasteiger partial charge in [0.15, 0.2) is 0 Å². The first-order chi connectivity index (χ1) is 6.61. The molecule has 2 N–H and O–H groups in total. The SMILES string of the molecule is C#CCNC(=O)CNC(=O)C(=O)CC. The van der Waals surface area contributed by atoms with E-state index < -0.39 is 17.6 Å². The smallest absolute Gasteiger partial charge is 0.287 e. The Morgan fingerprint density at radius 3 is 2.43 bits per heavy atom. The third kappa shape index (κ3) is 4.93. The van der Waals surface area contributed by atoms with Gasteiger partial charge in [-0.25, -0.2) is 0 Å². The summed E-state index contributed by atoms with van der Waals surface area (Å²) < 4.78 is 0. The highest BCUT2D eigenvalue weighted by Gasteiger charge is 2.11. The summed E-state index contributed by atoms with van der Waals surface area (Å²) >= 11 is 0. The zero-order valence-electron chi connectivity index (χ0n) is 7.92. The lowest BCUT2D eigenvalue weighted by Crippen LogP contribution is -2.39. The lowest BCUT2D eigenvalue weighted by atomic mass is 10.3. The summed E-state index contributed by atoms with van der Waals surface area (Å²) in [5.74, 6) is 0.499. The van der Waals surface area contributed by atoms with Gasteiger partial charge in [0, 0.05) is 6.42 Å². The number of carbonyl (C=O) groups is 3.